The Morgan fingerprint density at radius 2 is 2.09 bits per heavy atom. The van der Waals surface area contributed by atoms with Crippen molar-refractivity contribution in [3.63, 3.8) is 0 Å². The molecule has 1 N–H and O–H groups in total. The number of carbonyl (C=O) groups is 2. The summed E-state index contributed by atoms with van der Waals surface area (Å²) in [5.41, 5.74) is 1.72. The first-order valence-corrected chi connectivity index (χ1v) is 7.35. The van der Waals surface area contributed by atoms with Crippen molar-refractivity contribution in [2.45, 2.75) is 19.5 Å². The smallest absolute Gasteiger partial charge is 0.326 e. The van der Waals surface area contributed by atoms with Gasteiger partial charge in [0.25, 0.3) is 5.91 Å². The third-order valence-electron chi connectivity index (χ3n) is 3.59. The van der Waals surface area contributed by atoms with Gasteiger partial charge in [-0.15, -0.1) is 0 Å². The van der Waals surface area contributed by atoms with Crippen LogP contribution in [0.4, 0.5) is 0 Å². The maximum absolute atomic E-state index is 12.4. The number of hydrogen-bond donors (Lipinski definition) is 1. The molecule has 0 saturated carbocycles. The van der Waals surface area contributed by atoms with Gasteiger partial charge in [-0.25, -0.2) is 14.8 Å². The maximum Gasteiger partial charge on any atom is 0.326 e. The van der Waals surface area contributed by atoms with Gasteiger partial charge >= 0.3 is 5.97 Å². The molecule has 1 aliphatic heterocycles. The molecule has 3 rings (SSSR count). The van der Waals surface area contributed by atoms with Gasteiger partial charge < -0.3 is 10.0 Å². The lowest BCUT2D eigenvalue weighted by Gasteiger charge is -2.19. The molecule has 0 aliphatic carbocycles. The summed E-state index contributed by atoms with van der Waals surface area (Å²) < 4.78 is 0. The molecule has 1 unspecified atom stereocenters. The quantitative estimate of drug-likeness (QED) is 0.851. The minimum absolute atomic E-state index is 0.0253. The number of rotatable bonds is 3. The van der Waals surface area contributed by atoms with Crippen molar-refractivity contribution in [3.05, 3.63) is 40.0 Å². The van der Waals surface area contributed by atoms with E-state index in [0.29, 0.717) is 22.5 Å². The van der Waals surface area contributed by atoms with Crippen LogP contribution in [-0.4, -0.2) is 42.9 Å². The van der Waals surface area contributed by atoms with Crippen molar-refractivity contribution in [2.75, 3.05) is 0 Å². The Kier molecular flexibility index (Phi) is 3.91. The third kappa shape index (κ3) is 2.73. The van der Waals surface area contributed by atoms with Crippen LogP contribution in [0.25, 0.3) is 11.3 Å². The summed E-state index contributed by atoms with van der Waals surface area (Å²) in [5.74, 6) is -1.46. The lowest BCUT2D eigenvalue weighted by atomic mass is 10.1. The molecule has 0 radical (unpaired) electrons. The number of carboxylic acid groups (broad SMARTS) is 1. The van der Waals surface area contributed by atoms with Gasteiger partial charge in [0, 0.05) is 11.8 Å². The summed E-state index contributed by atoms with van der Waals surface area (Å²) in [6.07, 6.45) is 2.88. The first-order chi connectivity index (χ1) is 10.9. The van der Waals surface area contributed by atoms with Gasteiger partial charge in [-0.2, -0.15) is 0 Å². The van der Waals surface area contributed by atoms with Gasteiger partial charge in [0.05, 0.1) is 34.7 Å². The molecule has 1 atom stereocenters. The molecule has 1 amide bonds. The number of aromatic nitrogens is 3. The highest BCUT2D eigenvalue weighted by atomic mass is 35.5. The van der Waals surface area contributed by atoms with Crippen LogP contribution in [0, 0.1) is 0 Å². The Labute approximate surface area is 140 Å². The second-order valence-corrected chi connectivity index (χ2v) is 5.75. The fraction of sp³-hybridized carbons (Fsp3) is 0.214. The zero-order chi connectivity index (χ0) is 16.7. The number of carboxylic acids is 1. The summed E-state index contributed by atoms with van der Waals surface area (Å²) in [6, 6.07) is 0.654. The summed E-state index contributed by atoms with van der Waals surface area (Å²) >= 11 is 11.8. The van der Waals surface area contributed by atoms with Crippen LogP contribution in [0.5, 0.6) is 0 Å². The van der Waals surface area contributed by atoms with E-state index in [9.17, 15) is 9.59 Å². The van der Waals surface area contributed by atoms with Crippen LogP contribution in [0.3, 0.4) is 0 Å². The minimum atomic E-state index is -1.07. The van der Waals surface area contributed by atoms with E-state index < -0.39 is 12.0 Å². The first-order valence-electron chi connectivity index (χ1n) is 6.59. The minimum Gasteiger partial charge on any atom is -0.480 e. The predicted molar refractivity (Wildman–Crippen MR) is 82.3 cm³/mol. The second kappa shape index (κ2) is 5.75. The SMILES string of the molecule is CC(C(=O)O)N1Cc2ncc(-c3nc(Cl)ncc3Cl)cc2C1=O. The molecule has 1 aliphatic rings. The Morgan fingerprint density at radius 3 is 2.78 bits per heavy atom. The fourth-order valence-corrected chi connectivity index (χ4v) is 2.65. The number of halogens is 2. The van der Waals surface area contributed by atoms with Crippen molar-refractivity contribution in [1.82, 2.24) is 19.9 Å². The third-order valence-corrected chi connectivity index (χ3v) is 4.05. The largest absolute Gasteiger partial charge is 0.480 e. The number of amides is 1. The number of pyridine rings is 1. The lowest BCUT2D eigenvalue weighted by Crippen LogP contribution is -2.38. The highest BCUT2D eigenvalue weighted by Gasteiger charge is 2.35. The normalized spacial score (nSPS) is 14.7. The number of hydrogen-bond acceptors (Lipinski definition) is 5. The van der Waals surface area contributed by atoms with E-state index in [4.69, 9.17) is 28.3 Å². The van der Waals surface area contributed by atoms with Crippen LogP contribution in [0.1, 0.15) is 23.0 Å². The molecule has 2 aromatic rings. The van der Waals surface area contributed by atoms with Crippen LogP contribution in [0.15, 0.2) is 18.5 Å². The van der Waals surface area contributed by atoms with E-state index in [0.717, 1.165) is 0 Å². The van der Waals surface area contributed by atoms with E-state index in [-0.39, 0.29) is 22.8 Å². The first kappa shape index (κ1) is 15.6. The molecule has 3 heterocycles. The molecule has 0 bridgehead atoms. The van der Waals surface area contributed by atoms with Crippen LogP contribution in [0.2, 0.25) is 10.3 Å². The number of nitrogens with zero attached hydrogens (tertiary/aromatic N) is 4. The van der Waals surface area contributed by atoms with E-state index in [2.05, 4.69) is 15.0 Å². The monoisotopic (exact) mass is 352 g/mol. The molecule has 0 fully saturated rings. The van der Waals surface area contributed by atoms with E-state index >= 15 is 0 Å². The van der Waals surface area contributed by atoms with Gasteiger partial charge in [-0.1, -0.05) is 11.6 Å². The fourth-order valence-electron chi connectivity index (χ4n) is 2.32. The van der Waals surface area contributed by atoms with Crippen LogP contribution < -0.4 is 0 Å². The van der Waals surface area contributed by atoms with Gasteiger partial charge in [-0.3, -0.25) is 9.78 Å². The van der Waals surface area contributed by atoms with E-state index in [1.165, 1.54) is 24.2 Å². The number of carbonyl (C=O) groups excluding carboxylic acids is 1. The van der Waals surface area contributed by atoms with Gasteiger partial charge in [0.2, 0.25) is 5.28 Å². The Balaban J connectivity index is 2.01. The molecule has 23 heavy (non-hydrogen) atoms. The summed E-state index contributed by atoms with van der Waals surface area (Å²) in [5, 5.41) is 9.38. The molecule has 0 spiro atoms. The molecule has 118 valence electrons. The molecular weight excluding hydrogens is 343 g/mol. The molecule has 2 aromatic heterocycles. The zero-order valence-electron chi connectivity index (χ0n) is 11.8. The van der Waals surface area contributed by atoms with Gasteiger partial charge in [-0.05, 0) is 24.6 Å². The summed E-state index contributed by atoms with van der Waals surface area (Å²) in [6.45, 7) is 1.61. The molecule has 9 heteroatoms. The highest BCUT2D eigenvalue weighted by Crippen LogP contribution is 2.30. The Morgan fingerprint density at radius 1 is 1.35 bits per heavy atom. The molecule has 7 nitrogen and oxygen atoms in total. The summed E-state index contributed by atoms with van der Waals surface area (Å²) in [7, 11) is 0. The predicted octanol–water partition coefficient (Wildman–Crippen LogP) is 2.27. The molecular formula is C14H10Cl2N4O3. The second-order valence-electron chi connectivity index (χ2n) is 5.00. The Hall–Kier alpha value is -2.25. The standard InChI is InChI=1S/C14H10Cl2N4O3/c1-6(13(22)23)20-5-10-8(12(20)21)2-7(3-17-10)11-9(15)4-18-14(16)19-11/h2-4,6H,5H2,1H3,(H,22,23). The van der Waals surface area contributed by atoms with Crippen molar-refractivity contribution in [2.24, 2.45) is 0 Å². The zero-order valence-corrected chi connectivity index (χ0v) is 13.3. The topological polar surface area (TPSA) is 96.3 Å². The summed E-state index contributed by atoms with van der Waals surface area (Å²) in [4.78, 5) is 36.8. The average Bonchev–Trinajstić information content (AvgIpc) is 2.85. The van der Waals surface area contributed by atoms with Crippen molar-refractivity contribution in [3.8, 4) is 11.3 Å². The van der Waals surface area contributed by atoms with E-state index in [1.807, 2.05) is 0 Å². The van der Waals surface area contributed by atoms with Gasteiger partial charge in [0.1, 0.15) is 6.04 Å². The molecule has 0 saturated heterocycles. The number of fused-ring (bicyclic) bond motifs is 1. The van der Waals surface area contributed by atoms with Crippen molar-refractivity contribution in [1.29, 1.82) is 0 Å². The van der Waals surface area contributed by atoms with E-state index in [1.54, 1.807) is 6.07 Å². The highest BCUT2D eigenvalue weighted by molar-refractivity contribution is 6.33. The van der Waals surface area contributed by atoms with Crippen molar-refractivity contribution >= 4 is 35.1 Å². The molecule has 0 aromatic carbocycles. The van der Waals surface area contributed by atoms with Crippen LogP contribution in [-0.2, 0) is 11.3 Å². The van der Waals surface area contributed by atoms with Crippen molar-refractivity contribution < 1.29 is 14.7 Å². The number of aliphatic carboxylic acids is 1. The maximum atomic E-state index is 12.4. The Bertz CT molecular complexity index is 828. The van der Waals surface area contributed by atoms with Crippen LogP contribution >= 0.6 is 23.2 Å². The lowest BCUT2D eigenvalue weighted by molar-refractivity contribution is -0.141. The average molecular weight is 353 g/mol. The van der Waals surface area contributed by atoms with Gasteiger partial charge in [0.15, 0.2) is 0 Å².